The number of hydrogen-bond donors (Lipinski definition) is 2. The summed E-state index contributed by atoms with van der Waals surface area (Å²) in [7, 11) is 0. The summed E-state index contributed by atoms with van der Waals surface area (Å²) >= 11 is 1.57. The van der Waals surface area contributed by atoms with E-state index in [-0.39, 0.29) is 11.9 Å². The first-order valence-electron chi connectivity index (χ1n) is 8.88. The van der Waals surface area contributed by atoms with Crippen LogP contribution in [0.5, 0.6) is 0 Å². The Balaban J connectivity index is 1.48. The number of rotatable bonds is 5. The summed E-state index contributed by atoms with van der Waals surface area (Å²) in [5.41, 5.74) is 4.16. The first kappa shape index (κ1) is 18.1. The predicted octanol–water partition coefficient (Wildman–Crippen LogP) is 4.82. The van der Waals surface area contributed by atoms with Gasteiger partial charge in [0.2, 0.25) is 0 Å². The Morgan fingerprint density at radius 2 is 2.04 bits per heavy atom. The molecule has 140 valence electrons. The number of carbonyl (C=O) groups is 1. The van der Waals surface area contributed by atoms with E-state index in [0.29, 0.717) is 5.56 Å². The van der Waals surface area contributed by atoms with Crippen LogP contribution in [0.1, 0.15) is 34.5 Å². The van der Waals surface area contributed by atoms with Gasteiger partial charge in [0.1, 0.15) is 10.6 Å². The lowest BCUT2D eigenvalue weighted by Gasteiger charge is -2.16. The highest BCUT2D eigenvalue weighted by Gasteiger charge is 2.11. The number of pyridine rings is 1. The summed E-state index contributed by atoms with van der Waals surface area (Å²) in [4.78, 5) is 26.4. The molecule has 0 aliphatic rings. The van der Waals surface area contributed by atoms with E-state index in [4.69, 9.17) is 0 Å². The second-order valence-corrected chi connectivity index (χ2v) is 7.46. The number of anilines is 2. The van der Waals surface area contributed by atoms with E-state index in [1.54, 1.807) is 29.9 Å². The van der Waals surface area contributed by atoms with Crippen LogP contribution in [0.2, 0.25) is 0 Å². The summed E-state index contributed by atoms with van der Waals surface area (Å²) in [6.45, 7) is 3.96. The van der Waals surface area contributed by atoms with Crippen LogP contribution in [0.25, 0.3) is 10.3 Å². The second-order valence-electron chi connectivity index (χ2n) is 6.56. The molecule has 3 heterocycles. The number of hydrogen-bond acceptors (Lipinski definition) is 6. The molecule has 0 bridgehead atoms. The molecule has 1 atom stereocenters. The third kappa shape index (κ3) is 3.99. The van der Waals surface area contributed by atoms with Gasteiger partial charge in [-0.2, -0.15) is 0 Å². The van der Waals surface area contributed by atoms with E-state index >= 15 is 0 Å². The van der Waals surface area contributed by atoms with E-state index in [1.807, 2.05) is 55.6 Å². The molecule has 7 heteroatoms. The molecular weight excluding hydrogens is 370 g/mol. The van der Waals surface area contributed by atoms with Crippen molar-refractivity contribution in [2.24, 2.45) is 0 Å². The molecule has 0 fully saturated rings. The quantitative estimate of drug-likeness (QED) is 0.511. The monoisotopic (exact) mass is 389 g/mol. The Bertz CT molecular complexity index is 1140. The fraction of sp³-hybridized carbons (Fsp3) is 0.143. The first-order chi connectivity index (χ1) is 13.6. The molecule has 0 aliphatic carbocycles. The molecule has 0 saturated carbocycles. The Morgan fingerprint density at radius 3 is 2.89 bits per heavy atom. The summed E-state index contributed by atoms with van der Waals surface area (Å²) in [6, 6.07) is 11.5. The Kier molecular flexibility index (Phi) is 4.99. The highest BCUT2D eigenvalue weighted by molar-refractivity contribution is 7.16. The Morgan fingerprint density at radius 1 is 1.14 bits per heavy atom. The molecule has 4 aromatic rings. The molecule has 0 unspecified atom stereocenters. The number of carbonyl (C=O) groups excluding carboxylic acids is 1. The fourth-order valence-electron chi connectivity index (χ4n) is 2.89. The molecule has 0 aliphatic heterocycles. The van der Waals surface area contributed by atoms with Crippen LogP contribution in [0.4, 0.5) is 11.5 Å². The molecule has 4 rings (SSSR count). The highest BCUT2D eigenvalue weighted by Crippen LogP contribution is 2.23. The predicted molar refractivity (Wildman–Crippen MR) is 113 cm³/mol. The Hall–Kier alpha value is -3.32. The van der Waals surface area contributed by atoms with E-state index in [9.17, 15) is 4.79 Å². The van der Waals surface area contributed by atoms with Crippen LogP contribution in [0.3, 0.4) is 0 Å². The van der Waals surface area contributed by atoms with Crippen molar-refractivity contribution in [2.75, 3.05) is 10.6 Å². The maximum Gasteiger partial charge on any atom is 0.257 e. The normalized spacial score (nSPS) is 11.9. The van der Waals surface area contributed by atoms with Crippen LogP contribution in [-0.4, -0.2) is 20.9 Å². The average molecular weight is 389 g/mol. The minimum absolute atomic E-state index is 0.00389. The third-order valence-corrected chi connectivity index (χ3v) is 5.11. The lowest BCUT2D eigenvalue weighted by Crippen LogP contribution is -2.13. The number of fused-ring (bicyclic) bond motifs is 1. The van der Waals surface area contributed by atoms with Crippen molar-refractivity contribution in [1.29, 1.82) is 0 Å². The molecule has 0 saturated heterocycles. The van der Waals surface area contributed by atoms with E-state index < -0.39 is 0 Å². The molecule has 1 amide bonds. The third-order valence-electron chi connectivity index (χ3n) is 4.32. The molecule has 1 aromatic carbocycles. The van der Waals surface area contributed by atoms with E-state index in [2.05, 4.69) is 25.6 Å². The second kappa shape index (κ2) is 7.74. The molecule has 6 nitrogen and oxygen atoms in total. The van der Waals surface area contributed by atoms with Crippen LogP contribution in [-0.2, 0) is 0 Å². The number of aromatic nitrogens is 3. The van der Waals surface area contributed by atoms with Crippen LogP contribution in [0, 0.1) is 6.92 Å². The number of amides is 1. The van der Waals surface area contributed by atoms with Gasteiger partial charge in [0.25, 0.3) is 5.91 Å². The van der Waals surface area contributed by atoms with Crippen molar-refractivity contribution in [1.82, 2.24) is 15.0 Å². The summed E-state index contributed by atoms with van der Waals surface area (Å²) in [6.07, 6.45) is 5.03. The largest absolute Gasteiger partial charge is 0.362 e. The van der Waals surface area contributed by atoms with Crippen LogP contribution in [0.15, 0.2) is 60.4 Å². The molecule has 0 spiro atoms. The van der Waals surface area contributed by atoms with Gasteiger partial charge in [0, 0.05) is 18.1 Å². The summed E-state index contributed by atoms with van der Waals surface area (Å²) < 4.78 is 0. The zero-order chi connectivity index (χ0) is 19.5. The van der Waals surface area contributed by atoms with E-state index in [1.165, 1.54) is 0 Å². The molecule has 0 radical (unpaired) electrons. The number of aryl methyl sites for hydroxylation is 1. The van der Waals surface area contributed by atoms with Crippen molar-refractivity contribution in [3.63, 3.8) is 0 Å². The fourth-order valence-corrected chi connectivity index (χ4v) is 3.61. The standard InChI is InChI=1S/C21H19N5OS/c1-13-8-16(11-22-10-13)20(27)25-17-5-3-4-15(9-17)14(2)24-19-12-23-18-6-7-28-21(18)26-19/h3-12,14H,1-2H3,(H,24,26)(H,25,27)/t14-/m0/s1. The maximum absolute atomic E-state index is 12.5. The summed E-state index contributed by atoms with van der Waals surface area (Å²) in [5.74, 6) is 0.547. The smallest absolute Gasteiger partial charge is 0.257 e. The minimum atomic E-state index is -0.178. The average Bonchev–Trinajstić information content (AvgIpc) is 3.16. The minimum Gasteiger partial charge on any atom is -0.362 e. The molecule has 2 N–H and O–H groups in total. The maximum atomic E-state index is 12.5. The van der Waals surface area contributed by atoms with Gasteiger partial charge in [-0.25, -0.2) is 9.97 Å². The zero-order valence-electron chi connectivity index (χ0n) is 15.5. The summed E-state index contributed by atoms with van der Waals surface area (Å²) in [5, 5.41) is 8.28. The number of nitrogens with one attached hydrogen (secondary N) is 2. The molecular formula is C21H19N5OS. The van der Waals surface area contributed by atoms with Gasteiger partial charge in [-0.05, 0) is 54.6 Å². The lowest BCUT2D eigenvalue weighted by molar-refractivity contribution is 0.102. The van der Waals surface area contributed by atoms with Gasteiger partial charge in [-0.3, -0.25) is 9.78 Å². The van der Waals surface area contributed by atoms with Crippen molar-refractivity contribution < 1.29 is 4.79 Å². The number of thiophene rings is 1. The van der Waals surface area contributed by atoms with Gasteiger partial charge >= 0.3 is 0 Å². The molecule has 3 aromatic heterocycles. The van der Waals surface area contributed by atoms with Crippen LogP contribution >= 0.6 is 11.3 Å². The molecule has 28 heavy (non-hydrogen) atoms. The lowest BCUT2D eigenvalue weighted by atomic mass is 10.1. The zero-order valence-corrected chi connectivity index (χ0v) is 16.3. The van der Waals surface area contributed by atoms with Gasteiger partial charge in [-0.15, -0.1) is 11.3 Å². The van der Waals surface area contributed by atoms with E-state index in [0.717, 1.165) is 33.0 Å². The highest BCUT2D eigenvalue weighted by atomic mass is 32.1. The Labute approximate surface area is 166 Å². The van der Waals surface area contributed by atoms with Gasteiger partial charge < -0.3 is 10.6 Å². The van der Waals surface area contributed by atoms with Crippen molar-refractivity contribution in [3.05, 3.63) is 77.1 Å². The van der Waals surface area contributed by atoms with Crippen LogP contribution < -0.4 is 10.6 Å². The number of nitrogens with zero attached hydrogens (tertiary/aromatic N) is 3. The van der Waals surface area contributed by atoms with Crippen molar-refractivity contribution >= 4 is 39.1 Å². The van der Waals surface area contributed by atoms with Gasteiger partial charge in [0.05, 0.1) is 23.3 Å². The van der Waals surface area contributed by atoms with Gasteiger partial charge in [-0.1, -0.05) is 12.1 Å². The topological polar surface area (TPSA) is 79.8 Å². The SMILES string of the molecule is Cc1cncc(C(=O)Nc2cccc([C@H](C)Nc3cnc4ccsc4n3)c2)c1. The van der Waals surface area contributed by atoms with Gasteiger partial charge in [0.15, 0.2) is 0 Å². The number of benzene rings is 1. The van der Waals surface area contributed by atoms with Crippen molar-refractivity contribution in [3.8, 4) is 0 Å². The van der Waals surface area contributed by atoms with Crippen molar-refractivity contribution in [2.45, 2.75) is 19.9 Å². The first-order valence-corrected chi connectivity index (χ1v) is 9.76.